The molecule has 0 saturated carbocycles. The fraction of sp³-hybridized carbons (Fsp3) is 0.391. The standard InChI is InChI=1S/C17H24N2O3.C6H4/c1-12(20)18-15-8-6-5-7-14(15)13-9-10-19(11-13)16(21)22-17(2,3)4;1-2-6-4-3-5(1)6/h5-8,13H,9-11H2,1-4H3,(H,18,20);1-4H. The van der Waals surface area contributed by atoms with Gasteiger partial charge >= 0.3 is 6.09 Å². The van der Waals surface area contributed by atoms with Gasteiger partial charge < -0.3 is 15.0 Å². The third kappa shape index (κ3) is 4.91. The van der Waals surface area contributed by atoms with Crippen LogP contribution in [0, 0.1) is 0 Å². The quantitative estimate of drug-likeness (QED) is 0.678. The van der Waals surface area contributed by atoms with Crippen LogP contribution in [0.4, 0.5) is 10.5 Å². The lowest BCUT2D eigenvalue weighted by atomic mass is 9.95. The molecular weight excluding hydrogens is 352 g/mol. The maximum absolute atomic E-state index is 12.1. The number of hydrogen-bond donors (Lipinski definition) is 1. The summed E-state index contributed by atoms with van der Waals surface area (Å²) in [6.45, 7) is 8.39. The minimum atomic E-state index is -0.483. The van der Waals surface area contributed by atoms with E-state index in [2.05, 4.69) is 29.6 Å². The van der Waals surface area contributed by atoms with Crippen LogP contribution in [0.25, 0.3) is 11.1 Å². The topological polar surface area (TPSA) is 58.6 Å². The van der Waals surface area contributed by atoms with Crippen molar-refractivity contribution in [2.24, 2.45) is 0 Å². The van der Waals surface area contributed by atoms with Gasteiger partial charge in [0.15, 0.2) is 0 Å². The van der Waals surface area contributed by atoms with Gasteiger partial charge in [-0.25, -0.2) is 4.79 Å². The van der Waals surface area contributed by atoms with Gasteiger partial charge in [-0.1, -0.05) is 42.5 Å². The fourth-order valence-corrected chi connectivity index (χ4v) is 3.33. The molecule has 1 aromatic rings. The molecule has 28 heavy (non-hydrogen) atoms. The molecule has 5 heteroatoms. The van der Waals surface area contributed by atoms with Gasteiger partial charge in [-0.05, 0) is 49.9 Å². The van der Waals surface area contributed by atoms with E-state index in [-0.39, 0.29) is 17.9 Å². The molecule has 1 saturated heterocycles. The van der Waals surface area contributed by atoms with Gasteiger partial charge in [-0.2, -0.15) is 0 Å². The molecular formula is C23H28N2O3. The normalized spacial score (nSPS) is 16.7. The first-order chi connectivity index (χ1) is 13.2. The average molecular weight is 380 g/mol. The Kier molecular flexibility index (Phi) is 5.73. The Balaban J connectivity index is 0.000000311. The van der Waals surface area contributed by atoms with Crippen molar-refractivity contribution in [1.82, 2.24) is 4.90 Å². The first-order valence-corrected chi connectivity index (χ1v) is 9.68. The van der Waals surface area contributed by atoms with Gasteiger partial charge in [-0.3, -0.25) is 4.79 Å². The summed E-state index contributed by atoms with van der Waals surface area (Å²) < 4.78 is 5.42. The number of nitrogens with zero attached hydrogens (tertiary/aromatic N) is 1. The first-order valence-electron chi connectivity index (χ1n) is 9.68. The van der Waals surface area contributed by atoms with Crippen molar-refractivity contribution < 1.29 is 14.3 Å². The largest absolute Gasteiger partial charge is 0.444 e. The van der Waals surface area contributed by atoms with Crippen LogP contribution in [0.2, 0.25) is 0 Å². The van der Waals surface area contributed by atoms with E-state index in [0.29, 0.717) is 13.1 Å². The van der Waals surface area contributed by atoms with Crippen molar-refractivity contribution >= 4 is 17.7 Å². The lowest BCUT2D eigenvalue weighted by Crippen LogP contribution is -2.35. The van der Waals surface area contributed by atoms with Crippen molar-refractivity contribution in [3.8, 4) is 11.1 Å². The summed E-state index contributed by atoms with van der Waals surface area (Å²) in [4.78, 5) is 25.2. The second-order valence-electron chi connectivity index (χ2n) is 8.26. The highest BCUT2D eigenvalue weighted by atomic mass is 16.6. The van der Waals surface area contributed by atoms with E-state index in [1.165, 1.54) is 18.1 Å². The summed E-state index contributed by atoms with van der Waals surface area (Å²) >= 11 is 0. The molecule has 2 amide bonds. The molecule has 0 bridgehead atoms. The number of nitrogens with one attached hydrogen (secondary N) is 1. The zero-order valence-corrected chi connectivity index (χ0v) is 17.0. The van der Waals surface area contributed by atoms with E-state index in [4.69, 9.17) is 4.74 Å². The number of hydrogen-bond acceptors (Lipinski definition) is 3. The highest BCUT2D eigenvalue weighted by Gasteiger charge is 2.31. The van der Waals surface area contributed by atoms with E-state index in [1.807, 2.05) is 45.0 Å². The molecule has 1 unspecified atom stereocenters. The Labute approximate surface area is 166 Å². The van der Waals surface area contributed by atoms with E-state index in [1.54, 1.807) is 4.90 Å². The molecule has 1 aliphatic heterocycles. The Morgan fingerprint density at radius 1 is 1.04 bits per heavy atom. The van der Waals surface area contributed by atoms with Crippen LogP contribution in [0.15, 0.2) is 48.5 Å². The van der Waals surface area contributed by atoms with Crippen molar-refractivity contribution in [1.29, 1.82) is 0 Å². The zero-order chi connectivity index (χ0) is 20.3. The monoisotopic (exact) mass is 380 g/mol. The second-order valence-corrected chi connectivity index (χ2v) is 8.26. The molecule has 3 aliphatic rings. The van der Waals surface area contributed by atoms with Crippen molar-refractivity contribution in [3.63, 3.8) is 0 Å². The van der Waals surface area contributed by atoms with Crippen LogP contribution in [-0.4, -0.2) is 35.6 Å². The molecule has 5 nitrogen and oxygen atoms in total. The molecule has 1 fully saturated rings. The van der Waals surface area contributed by atoms with Crippen molar-refractivity contribution in [2.75, 3.05) is 18.4 Å². The minimum absolute atomic E-state index is 0.0885. The molecule has 1 heterocycles. The number of carbonyl (C=O) groups excluding carboxylic acids is 2. The van der Waals surface area contributed by atoms with E-state index < -0.39 is 5.60 Å². The molecule has 0 radical (unpaired) electrons. The molecule has 0 spiro atoms. The summed E-state index contributed by atoms with van der Waals surface area (Å²) in [7, 11) is 0. The lowest BCUT2D eigenvalue weighted by Gasteiger charge is -2.24. The molecule has 1 atom stereocenters. The zero-order valence-electron chi connectivity index (χ0n) is 17.0. The second kappa shape index (κ2) is 8.05. The number of likely N-dealkylation sites (tertiary alicyclic amines) is 1. The van der Waals surface area contributed by atoms with Gasteiger partial charge in [0.1, 0.15) is 5.60 Å². The number of benzene rings is 2. The number of ether oxygens (including phenoxy) is 1. The SMILES string of the molecule is CC(=O)Nc1ccccc1C1CCN(C(=O)OC(C)(C)C)C1.c1cc2ccc1-2. The van der Waals surface area contributed by atoms with Gasteiger partial charge in [0.2, 0.25) is 5.91 Å². The van der Waals surface area contributed by atoms with Crippen molar-refractivity contribution in [3.05, 3.63) is 54.1 Å². The van der Waals surface area contributed by atoms with Crippen LogP contribution < -0.4 is 5.32 Å². The number of anilines is 1. The Morgan fingerprint density at radius 2 is 1.64 bits per heavy atom. The Hall–Kier alpha value is -2.82. The maximum atomic E-state index is 12.1. The van der Waals surface area contributed by atoms with Crippen LogP contribution in [0.1, 0.15) is 45.6 Å². The first kappa shape index (κ1) is 19.9. The highest BCUT2D eigenvalue weighted by molar-refractivity contribution is 5.89. The van der Waals surface area contributed by atoms with Crippen LogP contribution in [-0.2, 0) is 9.53 Å². The van der Waals surface area contributed by atoms with E-state index >= 15 is 0 Å². The van der Waals surface area contributed by atoms with Crippen LogP contribution >= 0.6 is 0 Å². The highest BCUT2D eigenvalue weighted by Crippen LogP contribution is 2.33. The maximum Gasteiger partial charge on any atom is 0.410 e. The average Bonchev–Trinajstić information content (AvgIpc) is 3.07. The van der Waals surface area contributed by atoms with Gasteiger partial charge in [-0.15, -0.1) is 0 Å². The van der Waals surface area contributed by atoms with Gasteiger partial charge in [0.05, 0.1) is 0 Å². The Bertz CT molecular complexity index is 832. The third-order valence-electron chi connectivity index (χ3n) is 4.77. The predicted octanol–water partition coefficient (Wildman–Crippen LogP) is 5.04. The number of rotatable bonds is 2. The number of para-hydroxylation sites is 1. The van der Waals surface area contributed by atoms with Gasteiger partial charge in [0, 0.05) is 31.6 Å². The van der Waals surface area contributed by atoms with Crippen molar-refractivity contribution in [2.45, 2.75) is 45.6 Å². The summed E-state index contributed by atoms with van der Waals surface area (Å²) in [6, 6.07) is 16.2. The number of amides is 2. The van der Waals surface area contributed by atoms with Crippen LogP contribution in [0.5, 0.6) is 0 Å². The summed E-state index contributed by atoms with van der Waals surface area (Å²) in [5.74, 6) is 0.130. The predicted molar refractivity (Wildman–Crippen MR) is 111 cm³/mol. The number of fused-ring (bicyclic) bond motifs is 1. The summed E-state index contributed by atoms with van der Waals surface area (Å²) in [5.41, 5.74) is 4.27. The van der Waals surface area contributed by atoms with E-state index in [0.717, 1.165) is 17.7 Å². The smallest absolute Gasteiger partial charge is 0.410 e. The molecule has 148 valence electrons. The van der Waals surface area contributed by atoms with Gasteiger partial charge in [0.25, 0.3) is 0 Å². The molecule has 1 N–H and O–H groups in total. The minimum Gasteiger partial charge on any atom is -0.444 e. The summed E-state index contributed by atoms with van der Waals surface area (Å²) in [6.07, 6.45) is 0.600. The third-order valence-corrected chi connectivity index (χ3v) is 4.77. The number of carbonyl (C=O) groups is 2. The molecule has 4 rings (SSSR count). The Morgan fingerprint density at radius 3 is 2.14 bits per heavy atom. The molecule has 0 aromatic heterocycles. The molecule has 1 aromatic carbocycles. The lowest BCUT2D eigenvalue weighted by molar-refractivity contribution is -0.114. The fourth-order valence-electron chi connectivity index (χ4n) is 3.33. The van der Waals surface area contributed by atoms with E-state index in [9.17, 15) is 9.59 Å². The summed E-state index contributed by atoms with van der Waals surface area (Å²) in [5, 5.41) is 2.86. The molecule has 2 aliphatic carbocycles. The van der Waals surface area contributed by atoms with Crippen LogP contribution in [0.3, 0.4) is 0 Å².